The summed E-state index contributed by atoms with van der Waals surface area (Å²) in [4.78, 5) is 2.16. The first-order valence-electron chi connectivity index (χ1n) is 7.76. The van der Waals surface area contributed by atoms with Crippen molar-refractivity contribution < 1.29 is 9.84 Å². The van der Waals surface area contributed by atoms with Gasteiger partial charge in [0, 0.05) is 18.2 Å². The van der Waals surface area contributed by atoms with E-state index in [1.54, 1.807) is 0 Å². The number of rotatable bonds is 6. The lowest BCUT2D eigenvalue weighted by Gasteiger charge is -2.32. The van der Waals surface area contributed by atoms with Crippen molar-refractivity contribution in [2.24, 2.45) is 5.92 Å². The van der Waals surface area contributed by atoms with Crippen molar-refractivity contribution in [2.75, 3.05) is 27.3 Å². The Morgan fingerprint density at radius 3 is 2.29 bits per heavy atom. The second kappa shape index (κ2) is 7.28. The molecule has 3 heteroatoms. The van der Waals surface area contributed by atoms with Gasteiger partial charge in [0.25, 0.3) is 0 Å². The Balaban J connectivity index is 3.39. The van der Waals surface area contributed by atoms with Crippen LogP contribution in [0.1, 0.15) is 51.8 Å². The van der Waals surface area contributed by atoms with Gasteiger partial charge < -0.3 is 14.7 Å². The van der Waals surface area contributed by atoms with Gasteiger partial charge in [0.15, 0.2) is 0 Å². The Morgan fingerprint density at radius 1 is 1.24 bits per heavy atom. The second-order valence-corrected chi connectivity index (χ2v) is 7.00. The van der Waals surface area contributed by atoms with Gasteiger partial charge in [-0.2, -0.15) is 0 Å². The summed E-state index contributed by atoms with van der Waals surface area (Å²) in [5.74, 6) is 1.07. The molecule has 2 atom stereocenters. The van der Waals surface area contributed by atoms with E-state index in [9.17, 15) is 5.11 Å². The third kappa shape index (κ3) is 4.45. The molecular formula is C18H31NO2. The molecule has 0 heterocycles. The van der Waals surface area contributed by atoms with Crippen LogP contribution in [-0.2, 0) is 5.41 Å². The van der Waals surface area contributed by atoms with E-state index >= 15 is 0 Å². The summed E-state index contributed by atoms with van der Waals surface area (Å²) in [5, 5.41) is 9.60. The molecule has 1 rings (SSSR count). The van der Waals surface area contributed by atoms with Crippen LogP contribution in [0.2, 0.25) is 0 Å². The minimum Gasteiger partial charge on any atom is -0.494 e. The largest absolute Gasteiger partial charge is 0.494 e. The van der Waals surface area contributed by atoms with Crippen LogP contribution in [0.3, 0.4) is 0 Å². The van der Waals surface area contributed by atoms with Crippen LogP contribution in [0, 0.1) is 5.92 Å². The smallest absolute Gasteiger partial charge is 0.124 e. The van der Waals surface area contributed by atoms with Crippen LogP contribution in [0.15, 0.2) is 18.2 Å². The highest BCUT2D eigenvalue weighted by Gasteiger charge is 2.26. The Bertz CT molecular complexity index is 449. The van der Waals surface area contributed by atoms with Crippen molar-refractivity contribution in [3.8, 4) is 5.75 Å². The van der Waals surface area contributed by atoms with E-state index in [2.05, 4.69) is 64.9 Å². The van der Waals surface area contributed by atoms with Gasteiger partial charge in [-0.1, -0.05) is 33.8 Å². The summed E-state index contributed by atoms with van der Waals surface area (Å²) in [6.07, 6.45) is 0. The summed E-state index contributed by atoms with van der Waals surface area (Å²) >= 11 is 0. The molecule has 0 bridgehead atoms. The van der Waals surface area contributed by atoms with Crippen LogP contribution >= 0.6 is 0 Å². The van der Waals surface area contributed by atoms with E-state index in [0.717, 1.165) is 11.3 Å². The van der Waals surface area contributed by atoms with Crippen LogP contribution in [0.5, 0.6) is 5.75 Å². The van der Waals surface area contributed by atoms with Crippen molar-refractivity contribution in [1.29, 1.82) is 0 Å². The summed E-state index contributed by atoms with van der Waals surface area (Å²) < 4.78 is 5.82. The van der Waals surface area contributed by atoms with Gasteiger partial charge >= 0.3 is 0 Å². The number of aliphatic hydroxyl groups is 1. The SMILES string of the molecule is CCOc1ccc(C(C)(C)C)cc1C(C(C)CO)N(C)C. The van der Waals surface area contributed by atoms with Crippen LogP contribution < -0.4 is 4.74 Å². The number of benzene rings is 1. The van der Waals surface area contributed by atoms with Crippen molar-refractivity contribution in [3.63, 3.8) is 0 Å². The van der Waals surface area contributed by atoms with Crippen molar-refractivity contribution in [1.82, 2.24) is 4.90 Å². The van der Waals surface area contributed by atoms with E-state index in [4.69, 9.17) is 4.74 Å². The molecule has 21 heavy (non-hydrogen) atoms. The van der Waals surface area contributed by atoms with E-state index < -0.39 is 0 Å². The van der Waals surface area contributed by atoms with E-state index in [1.807, 2.05) is 6.92 Å². The highest BCUT2D eigenvalue weighted by molar-refractivity contribution is 5.42. The lowest BCUT2D eigenvalue weighted by atomic mass is 9.83. The molecule has 0 radical (unpaired) electrons. The summed E-state index contributed by atoms with van der Waals surface area (Å²) in [6, 6.07) is 6.59. The predicted octanol–water partition coefficient (Wildman–Crippen LogP) is 3.61. The topological polar surface area (TPSA) is 32.7 Å². The number of ether oxygens (including phenoxy) is 1. The maximum Gasteiger partial charge on any atom is 0.124 e. The zero-order valence-electron chi connectivity index (χ0n) is 14.6. The van der Waals surface area contributed by atoms with Gasteiger partial charge in [0.2, 0.25) is 0 Å². The molecule has 0 aliphatic heterocycles. The Kier molecular flexibility index (Phi) is 6.24. The Morgan fingerprint density at radius 2 is 1.86 bits per heavy atom. The molecule has 1 N–H and O–H groups in total. The van der Waals surface area contributed by atoms with Gasteiger partial charge in [-0.25, -0.2) is 0 Å². The van der Waals surface area contributed by atoms with Gasteiger partial charge in [0.05, 0.1) is 6.61 Å². The molecule has 1 aromatic rings. The normalized spacial score (nSPS) is 15.1. The molecule has 2 unspecified atom stereocenters. The molecule has 0 fully saturated rings. The molecule has 0 saturated carbocycles. The van der Waals surface area contributed by atoms with Gasteiger partial charge in [-0.05, 0) is 50.0 Å². The third-order valence-corrected chi connectivity index (χ3v) is 3.88. The summed E-state index contributed by atoms with van der Waals surface area (Å²) in [7, 11) is 4.10. The van der Waals surface area contributed by atoms with Crippen LogP contribution in [0.25, 0.3) is 0 Å². The molecule has 1 aromatic carbocycles. The molecule has 0 aliphatic rings. The van der Waals surface area contributed by atoms with Crippen molar-refractivity contribution in [3.05, 3.63) is 29.3 Å². The number of aliphatic hydroxyl groups excluding tert-OH is 1. The van der Waals surface area contributed by atoms with Gasteiger partial charge in [-0.3, -0.25) is 0 Å². The third-order valence-electron chi connectivity index (χ3n) is 3.88. The lowest BCUT2D eigenvalue weighted by Crippen LogP contribution is -2.29. The molecule has 0 spiro atoms. The van der Waals surface area contributed by atoms with Crippen molar-refractivity contribution in [2.45, 2.75) is 46.1 Å². The maximum absolute atomic E-state index is 9.60. The first-order chi connectivity index (χ1) is 9.72. The highest BCUT2D eigenvalue weighted by atomic mass is 16.5. The molecule has 0 aromatic heterocycles. The average molecular weight is 293 g/mol. The fourth-order valence-corrected chi connectivity index (χ4v) is 2.73. The van der Waals surface area contributed by atoms with Crippen LogP contribution in [0.4, 0.5) is 0 Å². The minimum absolute atomic E-state index is 0.0960. The van der Waals surface area contributed by atoms with E-state index in [0.29, 0.717) is 6.61 Å². The molecule has 120 valence electrons. The molecule has 0 aliphatic carbocycles. The zero-order chi connectivity index (χ0) is 16.2. The average Bonchev–Trinajstić information content (AvgIpc) is 2.39. The first kappa shape index (κ1) is 18.0. The fourth-order valence-electron chi connectivity index (χ4n) is 2.73. The Labute approximate surface area is 129 Å². The molecule has 0 amide bonds. The number of hydrogen-bond donors (Lipinski definition) is 1. The highest BCUT2D eigenvalue weighted by Crippen LogP contribution is 2.36. The lowest BCUT2D eigenvalue weighted by molar-refractivity contribution is 0.142. The summed E-state index contributed by atoms with van der Waals surface area (Å²) in [6.45, 7) is 11.5. The Hall–Kier alpha value is -1.06. The maximum atomic E-state index is 9.60. The molecular weight excluding hydrogens is 262 g/mol. The summed E-state index contributed by atoms with van der Waals surface area (Å²) in [5.41, 5.74) is 2.55. The first-order valence-corrected chi connectivity index (χ1v) is 7.76. The van der Waals surface area contributed by atoms with E-state index in [1.165, 1.54) is 5.56 Å². The molecule has 3 nitrogen and oxygen atoms in total. The number of nitrogens with zero attached hydrogens (tertiary/aromatic N) is 1. The predicted molar refractivity (Wildman–Crippen MR) is 89.0 cm³/mol. The fraction of sp³-hybridized carbons (Fsp3) is 0.667. The quantitative estimate of drug-likeness (QED) is 0.869. The monoisotopic (exact) mass is 293 g/mol. The second-order valence-electron chi connectivity index (χ2n) is 7.00. The van der Waals surface area contributed by atoms with Gasteiger partial charge in [0.1, 0.15) is 5.75 Å². The van der Waals surface area contributed by atoms with Gasteiger partial charge in [-0.15, -0.1) is 0 Å². The van der Waals surface area contributed by atoms with Crippen LogP contribution in [-0.4, -0.2) is 37.3 Å². The van der Waals surface area contributed by atoms with Crippen molar-refractivity contribution >= 4 is 0 Å². The number of hydrogen-bond acceptors (Lipinski definition) is 3. The van der Waals surface area contributed by atoms with E-state index in [-0.39, 0.29) is 24.0 Å². The zero-order valence-corrected chi connectivity index (χ0v) is 14.6. The molecule has 0 saturated heterocycles. The minimum atomic E-state index is 0.0960. The standard InChI is InChI=1S/C18H31NO2/c1-8-21-16-10-9-14(18(3,4)5)11-15(16)17(19(6)7)13(2)12-20/h9-11,13,17,20H,8,12H2,1-7H3.